The normalized spacial score (nSPS) is 14.5. The van der Waals surface area contributed by atoms with Crippen LogP contribution >= 0.6 is 0 Å². The van der Waals surface area contributed by atoms with E-state index in [1.54, 1.807) is 0 Å². The number of nitrogens with zero attached hydrogens (tertiary/aromatic N) is 1. The van der Waals surface area contributed by atoms with Gasteiger partial charge in [-0.3, -0.25) is 14.9 Å². The van der Waals surface area contributed by atoms with Gasteiger partial charge in [-0.05, 0) is 38.3 Å². The molecule has 1 atom stereocenters. The van der Waals surface area contributed by atoms with E-state index in [4.69, 9.17) is 4.74 Å². The third-order valence-electron chi connectivity index (χ3n) is 3.83. The first kappa shape index (κ1) is 18.7. The molecule has 0 spiro atoms. The summed E-state index contributed by atoms with van der Waals surface area (Å²) in [6.45, 7) is 3.47. The van der Waals surface area contributed by atoms with Gasteiger partial charge in [0.1, 0.15) is 5.69 Å². The minimum absolute atomic E-state index is 0.00470. The molecule has 0 heterocycles. The fourth-order valence-electron chi connectivity index (χ4n) is 2.42. The van der Waals surface area contributed by atoms with Crippen molar-refractivity contribution < 1.29 is 19.2 Å². The van der Waals surface area contributed by atoms with Crippen LogP contribution in [0.2, 0.25) is 0 Å². The summed E-state index contributed by atoms with van der Waals surface area (Å²) in [5.74, 6) is -1.16. The van der Waals surface area contributed by atoms with E-state index in [1.807, 2.05) is 13.8 Å². The average Bonchev–Trinajstić information content (AvgIpc) is 3.37. The standard InChI is InChI=1S/C17H23N3O5/c1-3-4-11(2)18-16(21)10-25-17(22)12-5-8-14(19-13-6-7-13)15(9-12)20(23)24/h5,8-9,11,13,19H,3-4,6-7,10H2,1-2H3,(H,18,21)/t11-/m1/s1. The van der Waals surface area contributed by atoms with E-state index >= 15 is 0 Å². The van der Waals surface area contributed by atoms with Crippen molar-refractivity contribution in [1.82, 2.24) is 5.32 Å². The van der Waals surface area contributed by atoms with Crippen molar-refractivity contribution in [2.24, 2.45) is 0 Å². The average molecular weight is 349 g/mol. The van der Waals surface area contributed by atoms with Crippen LogP contribution in [0.4, 0.5) is 11.4 Å². The second-order valence-electron chi connectivity index (χ2n) is 6.24. The fourth-order valence-corrected chi connectivity index (χ4v) is 2.42. The number of hydrogen-bond donors (Lipinski definition) is 2. The Bertz CT molecular complexity index is 658. The van der Waals surface area contributed by atoms with Gasteiger partial charge < -0.3 is 15.4 Å². The van der Waals surface area contributed by atoms with Gasteiger partial charge >= 0.3 is 5.97 Å². The SMILES string of the molecule is CCC[C@@H](C)NC(=O)COC(=O)c1ccc(NC2CC2)c([N+](=O)[O-])c1. The van der Waals surface area contributed by atoms with Crippen molar-refractivity contribution in [3.05, 3.63) is 33.9 Å². The quantitative estimate of drug-likeness (QED) is 0.403. The smallest absolute Gasteiger partial charge is 0.338 e. The second kappa shape index (κ2) is 8.46. The molecule has 25 heavy (non-hydrogen) atoms. The van der Waals surface area contributed by atoms with E-state index in [2.05, 4.69) is 10.6 Å². The Balaban J connectivity index is 1.95. The maximum Gasteiger partial charge on any atom is 0.338 e. The minimum Gasteiger partial charge on any atom is -0.452 e. The van der Waals surface area contributed by atoms with Crippen LogP contribution in [0.3, 0.4) is 0 Å². The zero-order valence-corrected chi connectivity index (χ0v) is 14.4. The van der Waals surface area contributed by atoms with E-state index in [0.717, 1.165) is 25.7 Å². The Morgan fingerprint density at radius 1 is 1.40 bits per heavy atom. The molecule has 1 aromatic carbocycles. The van der Waals surface area contributed by atoms with Gasteiger partial charge in [0.15, 0.2) is 6.61 Å². The number of anilines is 1. The summed E-state index contributed by atoms with van der Waals surface area (Å²) >= 11 is 0. The first-order valence-corrected chi connectivity index (χ1v) is 8.42. The number of ether oxygens (including phenoxy) is 1. The number of carbonyl (C=O) groups is 2. The number of nitro benzene ring substituents is 1. The van der Waals surface area contributed by atoms with Gasteiger partial charge in [-0.15, -0.1) is 0 Å². The van der Waals surface area contributed by atoms with E-state index in [9.17, 15) is 19.7 Å². The molecule has 1 saturated carbocycles. The Kier molecular flexibility index (Phi) is 6.32. The summed E-state index contributed by atoms with van der Waals surface area (Å²) in [6, 6.07) is 4.38. The number of nitro groups is 1. The lowest BCUT2D eigenvalue weighted by Gasteiger charge is -2.13. The van der Waals surface area contributed by atoms with Gasteiger partial charge in [0, 0.05) is 18.2 Å². The van der Waals surface area contributed by atoms with Crippen molar-refractivity contribution in [1.29, 1.82) is 0 Å². The summed E-state index contributed by atoms with van der Waals surface area (Å²) < 4.78 is 4.94. The largest absolute Gasteiger partial charge is 0.452 e. The monoisotopic (exact) mass is 349 g/mol. The topological polar surface area (TPSA) is 111 Å². The number of rotatable bonds is 9. The maximum atomic E-state index is 12.0. The summed E-state index contributed by atoms with van der Waals surface area (Å²) in [7, 11) is 0. The van der Waals surface area contributed by atoms with E-state index in [1.165, 1.54) is 18.2 Å². The number of nitrogens with one attached hydrogen (secondary N) is 2. The highest BCUT2D eigenvalue weighted by Gasteiger charge is 2.26. The number of hydrogen-bond acceptors (Lipinski definition) is 6. The maximum absolute atomic E-state index is 12.0. The summed E-state index contributed by atoms with van der Waals surface area (Å²) in [5, 5.41) is 17.0. The van der Waals surface area contributed by atoms with Crippen LogP contribution in [-0.4, -0.2) is 35.5 Å². The molecule has 1 amide bonds. The molecular weight excluding hydrogens is 326 g/mol. The first-order chi connectivity index (χ1) is 11.9. The molecule has 8 heteroatoms. The molecule has 8 nitrogen and oxygen atoms in total. The zero-order valence-electron chi connectivity index (χ0n) is 14.4. The number of carbonyl (C=O) groups excluding carboxylic acids is 2. The molecule has 0 aliphatic heterocycles. The Morgan fingerprint density at radius 2 is 2.12 bits per heavy atom. The minimum atomic E-state index is -0.764. The lowest BCUT2D eigenvalue weighted by Crippen LogP contribution is -2.35. The van der Waals surface area contributed by atoms with Crippen LogP contribution < -0.4 is 10.6 Å². The molecule has 0 saturated heterocycles. The Labute approximate surface area is 146 Å². The molecule has 0 unspecified atom stereocenters. The van der Waals surface area contributed by atoms with Crippen molar-refractivity contribution in [2.45, 2.75) is 51.6 Å². The third kappa shape index (κ3) is 5.74. The second-order valence-corrected chi connectivity index (χ2v) is 6.24. The lowest BCUT2D eigenvalue weighted by molar-refractivity contribution is -0.384. The predicted octanol–water partition coefficient (Wildman–Crippen LogP) is 2.63. The zero-order chi connectivity index (χ0) is 18.4. The number of esters is 1. The van der Waals surface area contributed by atoms with Crippen molar-refractivity contribution in [3.8, 4) is 0 Å². The molecule has 2 rings (SSSR count). The molecule has 0 radical (unpaired) electrons. The predicted molar refractivity (Wildman–Crippen MR) is 92.5 cm³/mol. The first-order valence-electron chi connectivity index (χ1n) is 8.42. The summed E-state index contributed by atoms with van der Waals surface area (Å²) in [4.78, 5) is 34.4. The van der Waals surface area contributed by atoms with Gasteiger partial charge in [0.25, 0.3) is 11.6 Å². The third-order valence-corrected chi connectivity index (χ3v) is 3.83. The van der Waals surface area contributed by atoms with Crippen molar-refractivity contribution >= 4 is 23.3 Å². The molecule has 0 bridgehead atoms. The Morgan fingerprint density at radius 3 is 2.72 bits per heavy atom. The van der Waals surface area contributed by atoms with Crippen molar-refractivity contribution in [3.63, 3.8) is 0 Å². The molecule has 1 aromatic rings. The van der Waals surface area contributed by atoms with Crippen LogP contribution in [0.5, 0.6) is 0 Å². The van der Waals surface area contributed by atoms with Gasteiger partial charge in [0.05, 0.1) is 10.5 Å². The highest BCUT2D eigenvalue weighted by molar-refractivity contribution is 5.93. The van der Waals surface area contributed by atoms with Crippen LogP contribution in [0.1, 0.15) is 49.9 Å². The van der Waals surface area contributed by atoms with Crippen LogP contribution in [0.25, 0.3) is 0 Å². The number of amides is 1. The molecular formula is C17H23N3O5. The van der Waals surface area contributed by atoms with E-state index in [0.29, 0.717) is 5.69 Å². The molecule has 1 fully saturated rings. The van der Waals surface area contributed by atoms with E-state index < -0.39 is 23.4 Å². The molecule has 2 N–H and O–H groups in total. The highest BCUT2D eigenvalue weighted by Crippen LogP contribution is 2.31. The van der Waals surface area contributed by atoms with Gasteiger partial charge in [0.2, 0.25) is 0 Å². The highest BCUT2D eigenvalue weighted by atomic mass is 16.6. The molecule has 1 aliphatic carbocycles. The van der Waals surface area contributed by atoms with Gasteiger partial charge in [-0.2, -0.15) is 0 Å². The van der Waals surface area contributed by atoms with Gasteiger partial charge in [-0.25, -0.2) is 4.79 Å². The fraction of sp³-hybridized carbons (Fsp3) is 0.529. The van der Waals surface area contributed by atoms with E-state index in [-0.39, 0.29) is 23.3 Å². The van der Waals surface area contributed by atoms with Crippen LogP contribution in [0.15, 0.2) is 18.2 Å². The van der Waals surface area contributed by atoms with Crippen molar-refractivity contribution in [2.75, 3.05) is 11.9 Å². The van der Waals surface area contributed by atoms with Crippen LogP contribution in [0, 0.1) is 10.1 Å². The molecule has 1 aliphatic rings. The van der Waals surface area contributed by atoms with Gasteiger partial charge in [-0.1, -0.05) is 13.3 Å². The summed E-state index contributed by atoms with van der Waals surface area (Å²) in [6.07, 6.45) is 3.73. The summed E-state index contributed by atoms with van der Waals surface area (Å²) in [5.41, 5.74) is 0.250. The number of benzene rings is 1. The molecule has 0 aromatic heterocycles. The molecule has 136 valence electrons. The lowest BCUT2D eigenvalue weighted by atomic mass is 10.1. The van der Waals surface area contributed by atoms with Crippen LogP contribution in [-0.2, 0) is 9.53 Å². The Hall–Kier alpha value is -2.64.